The van der Waals surface area contributed by atoms with E-state index >= 15 is 0 Å². The molecular formula is C8H15F2NO3. The molecule has 0 spiro atoms. The van der Waals surface area contributed by atoms with E-state index in [0.717, 1.165) is 6.42 Å². The van der Waals surface area contributed by atoms with Gasteiger partial charge in [-0.05, 0) is 6.42 Å². The number of nitrogens with one attached hydrogen (secondary N) is 1. The first-order valence-corrected chi connectivity index (χ1v) is 4.40. The summed E-state index contributed by atoms with van der Waals surface area (Å²) in [6.07, 6.45) is 0.866. The monoisotopic (exact) mass is 211 g/mol. The van der Waals surface area contributed by atoms with E-state index in [1.807, 2.05) is 6.92 Å². The van der Waals surface area contributed by atoms with Gasteiger partial charge in [0.1, 0.15) is 0 Å². The lowest BCUT2D eigenvalue weighted by atomic mass is 10.3. The Kier molecular flexibility index (Phi) is 6.31. The fourth-order valence-electron chi connectivity index (χ4n) is 0.712. The molecule has 0 aromatic heterocycles. The lowest BCUT2D eigenvalue weighted by Crippen LogP contribution is -2.40. The number of alkyl halides is 2. The van der Waals surface area contributed by atoms with Gasteiger partial charge in [-0.2, -0.15) is 8.78 Å². The Labute approximate surface area is 81.2 Å². The van der Waals surface area contributed by atoms with E-state index in [0.29, 0.717) is 13.2 Å². The zero-order chi connectivity index (χ0) is 11.0. The molecule has 0 aliphatic heterocycles. The Morgan fingerprint density at radius 3 is 2.64 bits per heavy atom. The Balaban J connectivity index is 3.40. The van der Waals surface area contributed by atoms with Crippen LogP contribution in [-0.2, 0) is 9.53 Å². The molecule has 0 unspecified atom stereocenters. The van der Waals surface area contributed by atoms with Gasteiger partial charge in [0, 0.05) is 13.2 Å². The highest BCUT2D eigenvalue weighted by atomic mass is 19.3. The molecular weight excluding hydrogens is 196 g/mol. The first kappa shape index (κ1) is 13.2. The maximum Gasteiger partial charge on any atom is 0.375 e. The summed E-state index contributed by atoms with van der Waals surface area (Å²) >= 11 is 0. The van der Waals surface area contributed by atoms with Gasteiger partial charge in [-0.15, -0.1) is 0 Å². The van der Waals surface area contributed by atoms with Crippen molar-refractivity contribution < 1.29 is 23.4 Å². The fourth-order valence-corrected chi connectivity index (χ4v) is 0.712. The van der Waals surface area contributed by atoms with Crippen molar-refractivity contribution in [3.63, 3.8) is 0 Å². The SMILES string of the molecule is CCCOCCNCC(F)(F)C(=O)O. The Morgan fingerprint density at radius 1 is 1.50 bits per heavy atom. The van der Waals surface area contributed by atoms with Crippen LogP contribution in [0.3, 0.4) is 0 Å². The van der Waals surface area contributed by atoms with Crippen LogP contribution in [0.15, 0.2) is 0 Å². The van der Waals surface area contributed by atoms with E-state index in [-0.39, 0.29) is 6.54 Å². The first-order valence-electron chi connectivity index (χ1n) is 4.40. The van der Waals surface area contributed by atoms with Gasteiger partial charge in [0.25, 0.3) is 0 Å². The summed E-state index contributed by atoms with van der Waals surface area (Å²) in [5.41, 5.74) is 0. The summed E-state index contributed by atoms with van der Waals surface area (Å²) in [6, 6.07) is 0. The van der Waals surface area contributed by atoms with Gasteiger partial charge >= 0.3 is 11.9 Å². The molecule has 0 saturated carbocycles. The van der Waals surface area contributed by atoms with Gasteiger partial charge in [-0.3, -0.25) is 0 Å². The standard InChI is InChI=1S/C8H15F2NO3/c1-2-4-14-5-3-11-6-8(9,10)7(12)13/h11H,2-6H2,1H3,(H,12,13). The van der Waals surface area contributed by atoms with Crippen LogP contribution in [0.25, 0.3) is 0 Å². The molecule has 0 atom stereocenters. The maximum atomic E-state index is 12.4. The molecule has 14 heavy (non-hydrogen) atoms. The van der Waals surface area contributed by atoms with Crippen LogP contribution in [0, 0.1) is 0 Å². The van der Waals surface area contributed by atoms with Gasteiger partial charge in [0.2, 0.25) is 0 Å². The summed E-state index contributed by atoms with van der Waals surface area (Å²) < 4.78 is 29.8. The predicted molar refractivity (Wildman–Crippen MR) is 46.6 cm³/mol. The number of carbonyl (C=O) groups is 1. The molecule has 0 aliphatic carbocycles. The molecule has 4 nitrogen and oxygen atoms in total. The third-order valence-corrected chi connectivity index (χ3v) is 1.43. The van der Waals surface area contributed by atoms with Gasteiger partial charge in [-0.1, -0.05) is 6.92 Å². The van der Waals surface area contributed by atoms with Crippen LogP contribution in [0.1, 0.15) is 13.3 Å². The molecule has 0 rings (SSSR count). The van der Waals surface area contributed by atoms with Crippen molar-refractivity contribution in [2.75, 3.05) is 26.3 Å². The van der Waals surface area contributed by atoms with Crippen LogP contribution in [0.4, 0.5) is 8.78 Å². The number of carboxylic acid groups (broad SMARTS) is 1. The summed E-state index contributed by atoms with van der Waals surface area (Å²) in [6.45, 7) is 2.19. The number of halogens is 2. The number of hydrogen-bond donors (Lipinski definition) is 2. The van der Waals surface area contributed by atoms with Crippen molar-refractivity contribution in [3.05, 3.63) is 0 Å². The van der Waals surface area contributed by atoms with E-state index in [1.165, 1.54) is 0 Å². The summed E-state index contributed by atoms with van der Waals surface area (Å²) in [5, 5.41) is 10.4. The highest BCUT2D eigenvalue weighted by Gasteiger charge is 2.37. The van der Waals surface area contributed by atoms with E-state index < -0.39 is 18.4 Å². The van der Waals surface area contributed by atoms with Gasteiger partial charge in [0.05, 0.1) is 13.2 Å². The third-order valence-electron chi connectivity index (χ3n) is 1.43. The third kappa shape index (κ3) is 5.82. The number of carboxylic acids is 1. The van der Waals surface area contributed by atoms with Crippen molar-refractivity contribution >= 4 is 5.97 Å². The van der Waals surface area contributed by atoms with Crippen LogP contribution >= 0.6 is 0 Å². The van der Waals surface area contributed by atoms with Crippen molar-refractivity contribution in [2.45, 2.75) is 19.3 Å². The molecule has 84 valence electrons. The number of aliphatic carboxylic acids is 1. The molecule has 0 aromatic carbocycles. The van der Waals surface area contributed by atoms with E-state index in [4.69, 9.17) is 9.84 Å². The van der Waals surface area contributed by atoms with Crippen molar-refractivity contribution in [1.29, 1.82) is 0 Å². The second kappa shape index (κ2) is 6.67. The largest absolute Gasteiger partial charge is 0.477 e. The topological polar surface area (TPSA) is 58.6 Å². The molecule has 0 fully saturated rings. The molecule has 0 saturated heterocycles. The first-order chi connectivity index (χ1) is 6.50. The number of ether oxygens (including phenoxy) is 1. The summed E-state index contributed by atoms with van der Waals surface area (Å²) in [5.74, 6) is -5.82. The zero-order valence-electron chi connectivity index (χ0n) is 8.06. The smallest absolute Gasteiger partial charge is 0.375 e. The van der Waals surface area contributed by atoms with Crippen LogP contribution < -0.4 is 5.32 Å². The maximum absolute atomic E-state index is 12.4. The lowest BCUT2D eigenvalue weighted by molar-refractivity contribution is -0.164. The minimum Gasteiger partial charge on any atom is -0.477 e. The quantitative estimate of drug-likeness (QED) is 0.581. The van der Waals surface area contributed by atoms with Crippen LogP contribution in [-0.4, -0.2) is 43.3 Å². The fraction of sp³-hybridized carbons (Fsp3) is 0.875. The normalized spacial score (nSPS) is 11.6. The average molecular weight is 211 g/mol. The molecule has 0 aromatic rings. The summed E-state index contributed by atoms with van der Waals surface area (Å²) in [7, 11) is 0. The van der Waals surface area contributed by atoms with Gasteiger partial charge < -0.3 is 15.2 Å². The van der Waals surface area contributed by atoms with Crippen molar-refractivity contribution in [2.24, 2.45) is 0 Å². The van der Waals surface area contributed by atoms with Gasteiger partial charge in [0.15, 0.2) is 0 Å². The van der Waals surface area contributed by atoms with E-state index in [1.54, 1.807) is 0 Å². The van der Waals surface area contributed by atoms with Crippen molar-refractivity contribution in [1.82, 2.24) is 5.32 Å². The summed E-state index contributed by atoms with van der Waals surface area (Å²) in [4.78, 5) is 9.97. The van der Waals surface area contributed by atoms with Gasteiger partial charge in [-0.25, -0.2) is 4.79 Å². The predicted octanol–water partition coefficient (Wildman–Crippen LogP) is 0.723. The minimum atomic E-state index is -3.70. The van der Waals surface area contributed by atoms with E-state index in [2.05, 4.69) is 5.32 Å². The molecule has 0 amide bonds. The van der Waals surface area contributed by atoms with E-state index in [9.17, 15) is 13.6 Å². The molecule has 0 radical (unpaired) electrons. The molecule has 6 heteroatoms. The number of rotatable bonds is 8. The lowest BCUT2D eigenvalue weighted by Gasteiger charge is -2.11. The highest BCUT2D eigenvalue weighted by Crippen LogP contribution is 2.10. The number of hydrogen-bond acceptors (Lipinski definition) is 3. The van der Waals surface area contributed by atoms with Crippen LogP contribution in [0.2, 0.25) is 0 Å². The second-order valence-electron chi connectivity index (χ2n) is 2.80. The Morgan fingerprint density at radius 2 is 2.14 bits per heavy atom. The Hall–Kier alpha value is -0.750. The molecule has 0 aliphatic rings. The molecule has 0 heterocycles. The minimum absolute atomic E-state index is 0.225. The Bertz CT molecular complexity index is 176. The van der Waals surface area contributed by atoms with Crippen LogP contribution in [0.5, 0.6) is 0 Å². The average Bonchev–Trinajstić information content (AvgIpc) is 2.10. The molecule has 2 N–H and O–H groups in total. The zero-order valence-corrected chi connectivity index (χ0v) is 8.06. The second-order valence-corrected chi connectivity index (χ2v) is 2.80. The van der Waals surface area contributed by atoms with Crippen molar-refractivity contribution in [3.8, 4) is 0 Å². The molecule has 0 bridgehead atoms. The highest BCUT2D eigenvalue weighted by molar-refractivity contribution is 5.75.